The zero-order chi connectivity index (χ0) is 23.9. The van der Waals surface area contributed by atoms with Crippen LogP contribution in [0.4, 0.5) is 0 Å². The summed E-state index contributed by atoms with van der Waals surface area (Å²) < 4.78 is 5.97. The van der Waals surface area contributed by atoms with Crippen LogP contribution < -0.4 is 10.1 Å². The molecule has 1 N–H and O–H groups in total. The van der Waals surface area contributed by atoms with Gasteiger partial charge in [0.15, 0.2) is 6.61 Å². The summed E-state index contributed by atoms with van der Waals surface area (Å²) in [5.74, 6) is 0.225. The third kappa shape index (κ3) is 6.99. The Labute approximate surface area is 197 Å². The van der Waals surface area contributed by atoms with Crippen LogP contribution in [0.5, 0.6) is 5.75 Å². The number of amides is 2. The van der Waals surface area contributed by atoms with E-state index in [0.29, 0.717) is 17.2 Å². The third-order valence-corrected chi connectivity index (χ3v) is 5.53. The summed E-state index contributed by atoms with van der Waals surface area (Å²) in [5, 5.41) is 3.48. The Hall–Kier alpha value is -2.53. The van der Waals surface area contributed by atoms with E-state index in [9.17, 15) is 9.59 Å². The first-order valence-electron chi connectivity index (χ1n) is 11.1. The van der Waals surface area contributed by atoms with Crippen LogP contribution in [0.3, 0.4) is 0 Å². The maximum atomic E-state index is 13.4. The molecule has 0 aliphatic carbocycles. The Morgan fingerprint density at radius 1 is 1.06 bits per heavy atom. The van der Waals surface area contributed by atoms with E-state index in [-0.39, 0.29) is 36.4 Å². The van der Waals surface area contributed by atoms with E-state index in [2.05, 4.69) is 26.1 Å². The molecule has 6 heteroatoms. The highest BCUT2D eigenvalue weighted by atomic mass is 35.5. The van der Waals surface area contributed by atoms with Crippen molar-refractivity contribution in [2.24, 2.45) is 0 Å². The van der Waals surface area contributed by atoms with Crippen LogP contribution in [0, 0.1) is 0 Å². The van der Waals surface area contributed by atoms with Gasteiger partial charge in [0.1, 0.15) is 11.8 Å². The molecule has 2 rings (SSSR count). The van der Waals surface area contributed by atoms with Crippen LogP contribution >= 0.6 is 11.6 Å². The fourth-order valence-corrected chi connectivity index (χ4v) is 3.74. The number of carbonyl (C=O) groups excluding carboxylic acids is 2. The van der Waals surface area contributed by atoms with Gasteiger partial charge in [-0.1, -0.05) is 75.7 Å². The van der Waals surface area contributed by atoms with E-state index in [0.717, 1.165) is 11.1 Å². The third-order valence-electron chi connectivity index (χ3n) is 5.16. The maximum Gasteiger partial charge on any atom is 0.261 e. The van der Waals surface area contributed by atoms with Gasteiger partial charge in [-0.05, 0) is 48.9 Å². The molecule has 0 fully saturated rings. The minimum atomic E-state index is -0.623. The number of hydrogen-bond acceptors (Lipinski definition) is 3. The first-order chi connectivity index (χ1) is 15.0. The van der Waals surface area contributed by atoms with Gasteiger partial charge < -0.3 is 15.0 Å². The van der Waals surface area contributed by atoms with E-state index in [1.807, 2.05) is 63.2 Å². The van der Waals surface area contributed by atoms with Crippen molar-refractivity contribution >= 4 is 23.4 Å². The van der Waals surface area contributed by atoms with Gasteiger partial charge in [-0.25, -0.2) is 0 Å². The number of rotatable bonds is 9. The van der Waals surface area contributed by atoms with Crippen molar-refractivity contribution in [1.29, 1.82) is 0 Å². The molecule has 0 spiro atoms. The van der Waals surface area contributed by atoms with E-state index in [4.69, 9.17) is 16.3 Å². The molecule has 0 heterocycles. The Balaban J connectivity index is 2.29. The number of hydrogen-bond donors (Lipinski definition) is 1. The maximum absolute atomic E-state index is 13.4. The fraction of sp³-hybridized carbons (Fsp3) is 0.462. The monoisotopic (exact) mass is 458 g/mol. The van der Waals surface area contributed by atoms with Gasteiger partial charge in [0.2, 0.25) is 5.91 Å². The second kappa shape index (κ2) is 11.4. The summed E-state index contributed by atoms with van der Waals surface area (Å²) in [6.07, 6.45) is 0.479. The number of nitrogens with one attached hydrogen (secondary N) is 1. The molecule has 174 valence electrons. The van der Waals surface area contributed by atoms with E-state index < -0.39 is 6.04 Å². The minimum Gasteiger partial charge on any atom is -0.483 e. The second-order valence-corrected chi connectivity index (χ2v) is 9.64. The molecule has 0 aliphatic rings. The summed E-state index contributed by atoms with van der Waals surface area (Å²) in [6.45, 7) is 12.1. The molecule has 0 aliphatic heterocycles. The number of benzene rings is 2. The largest absolute Gasteiger partial charge is 0.483 e. The van der Waals surface area contributed by atoms with Gasteiger partial charge in [0.05, 0.1) is 0 Å². The molecule has 1 unspecified atom stereocenters. The van der Waals surface area contributed by atoms with Crippen molar-refractivity contribution in [3.05, 3.63) is 64.7 Å². The normalized spacial score (nSPS) is 12.4. The Morgan fingerprint density at radius 2 is 1.69 bits per heavy atom. The lowest BCUT2D eigenvalue weighted by Gasteiger charge is -2.31. The van der Waals surface area contributed by atoms with Crippen molar-refractivity contribution in [3.63, 3.8) is 0 Å². The number of ether oxygens (including phenoxy) is 1. The first-order valence-corrected chi connectivity index (χ1v) is 11.5. The molecule has 2 aromatic carbocycles. The summed E-state index contributed by atoms with van der Waals surface area (Å²) in [7, 11) is 0. The van der Waals surface area contributed by atoms with Crippen LogP contribution in [-0.4, -0.2) is 35.4 Å². The van der Waals surface area contributed by atoms with Crippen molar-refractivity contribution in [3.8, 4) is 5.75 Å². The smallest absolute Gasteiger partial charge is 0.261 e. The van der Waals surface area contributed by atoms with Gasteiger partial charge in [-0.2, -0.15) is 0 Å². The Bertz CT molecular complexity index is 921. The summed E-state index contributed by atoms with van der Waals surface area (Å²) in [6, 6.07) is 14.4. The predicted octanol–water partition coefficient (Wildman–Crippen LogP) is 5.35. The standard InChI is InChI=1S/C26H35ClN2O3/c1-7-22(25(31)28-18(2)3)29(16-19-12-8-10-14-21(19)27)24(30)17-32-23-15-11-9-13-20(23)26(4,5)6/h8-15,18,22H,7,16-17H2,1-6H3,(H,28,31). The molecule has 0 saturated heterocycles. The highest BCUT2D eigenvalue weighted by Crippen LogP contribution is 2.31. The number of carbonyl (C=O) groups is 2. The summed E-state index contributed by atoms with van der Waals surface area (Å²) in [5.41, 5.74) is 1.68. The van der Waals surface area contributed by atoms with Gasteiger partial charge in [-0.15, -0.1) is 0 Å². The lowest BCUT2D eigenvalue weighted by atomic mass is 9.86. The second-order valence-electron chi connectivity index (χ2n) is 9.24. The van der Waals surface area contributed by atoms with E-state index in [1.54, 1.807) is 11.0 Å². The molecular formula is C26H35ClN2O3. The molecule has 0 bridgehead atoms. The SMILES string of the molecule is CCC(C(=O)NC(C)C)N(Cc1ccccc1Cl)C(=O)COc1ccccc1C(C)(C)C. The van der Waals surface area contributed by atoms with Crippen LogP contribution in [-0.2, 0) is 21.5 Å². The average Bonchev–Trinajstić information content (AvgIpc) is 2.72. The molecule has 5 nitrogen and oxygen atoms in total. The van der Waals surface area contributed by atoms with Crippen molar-refractivity contribution in [2.75, 3.05) is 6.61 Å². The minimum absolute atomic E-state index is 0.0243. The van der Waals surface area contributed by atoms with E-state index >= 15 is 0 Å². The number of nitrogens with zero attached hydrogens (tertiary/aromatic N) is 1. The molecular weight excluding hydrogens is 424 g/mol. The highest BCUT2D eigenvalue weighted by Gasteiger charge is 2.30. The van der Waals surface area contributed by atoms with E-state index in [1.165, 1.54) is 0 Å². The Morgan fingerprint density at radius 3 is 2.28 bits per heavy atom. The summed E-state index contributed by atoms with van der Waals surface area (Å²) in [4.78, 5) is 27.8. The van der Waals surface area contributed by atoms with Gasteiger partial charge >= 0.3 is 0 Å². The zero-order valence-electron chi connectivity index (χ0n) is 19.9. The quantitative estimate of drug-likeness (QED) is 0.551. The number of para-hydroxylation sites is 1. The molecule has 2 aromatic rings. The highest BCUT2D eigenvalue weighted by molar-refractivity contribution is 6.31. The molecule has 0 aromatic heterocycles. The molecule has 0 radical (unpaired) electrons. The van der Waals surface area contributed by atoms with Crippen LogP contribution in [0.15, 0.2) is 48.5 Å². The van der Waals surface area contributed by atoms with Crippen LogP contribution in [0.2, 0.25) is 5.02 Å². The zero-order valence-corrected chi connectivity index (χ0v) is 20.7. The van der Waals surface area contributed by atoms with Crippen molar-refractivity contribution in [2.45, 2.75) is 72.0 Å². The fourth-order valence-electron chi connectivity index (χ4n) is 3.54. The van der Waals surface area contributed by atoms with Gasteiger partial charge in [-0.3, -0.25) is 9.59 Å². The van der Waals surface area contributed by atoms with Crippen molar-refractivity contribution < 1.29 is 14.3 Å². The van der Waals surface area contributed by atoms with Gasteiger partial charge in [0, 0.05) is 17.6 Å². The number of halogens is 1. The lowest BCUT2D eigenvalue weighted by Crippen LogP contribution is -2.51. The van der Waals surface area contributed by atoms with Gasteiger partial charge in [0.25, 0.3) is 5.91 Å². The first kappa shape index (κ1) is 25.7. The average molecular weight is 459 g/mol. The van der Waals surface area contributed by atoms with Crippen molar-refractivity contribution in [1.82, 2.24) is 10.2 Å². The topological polar surface area (TPSA) is 58.6 Å². The lowest BCUT2D eigenvalue weighted by molar-refractivity contribution is -0.143. The molecule has 1 atom stereocenters. The Kier molecular flexibility index (Phi) is 9.14. The molecule has 2 amide bonds. The van der Waals surface area contributed by atoms with Crippen LogP contribution in [0.25, 0.3) is 0 Å². The molecule has 0 saturated carbocycles. The predicted molar refractivity (Wildman–Crippen MR) is 130 cm³/mol. The summed E-state index contributed by atoms with van der Waals surface area (Å²) >= 11 is 6.36. The van der Waals surface area contributed by atoms with Crippen LogP contribution in [0.1, 0.15) is 59.1 Å². The molecule has 32 heavy (non-hydrogen) atoms.